The molecule has 24 heavy (non-hydrogen) atoms. The third-order valence-corrected chi connectivity index (χ3v) is 4.46. The molecule has 0 atom stereocenters. The largest absolute Gasteiger partial charge is 0.324 e. The van der Waals surface area contributed by atoms with Crippen LogP contribution in [0.15, 0.2) is 48.5 Å². The maximum Gasteiger partial charge on any atom is 0.245 e. The fourth-order valence-electron chi connectivity index (χ4n) is 2.00. The Bertz CT molecular complexity index is 890. The Labute approximate surface area is 145 Å². The van der Waals surface area contributed by atoms with Crippen molar-refractivity contribution in [2.24, 2.45) is 0 Å². The van der Waals surface area contributed by atoms with Gasteiger partial charge in [0.15, 0.2) is 0 Å². The maximum atomic E-state index is 12.2. The maximum absolute atomic E-state index is 12.2. The van der Waals surface area contributed by atoms with Crippen LogP contribution in [0.1, 0.15) is 5.56 Å². The molecular weight excluding hydrogens is 350 g/mol. The number of hydrogen-bond acceptors (Lipinski definition) is 4. The van der Waals surface area contributed by atoms with E-state index in [1.54, 1.807) is 24.3 Å². The summed E-state index contributed by atoms with van der Waals surface area (Å²) in [5.41, 5.74) is 1.18. The van der Waals surface area contributed by atoms with Gasteiger partial charge >= 0.3 is 0 Å². The van der Waals surface area contributed by atoms with E-state index in [9.17, 15) is 13.2 Å². The molecule has 0 unspecified atom stereocenters. The fraction of sp³-hybridized carbons (Fsp3) is 0.125. The number of amides is 1. The molecule has 0 fully saturated rings. The monoisotopic (exact) mass is 363 g/mol. The third-order valence-electron chi connectivity index (χ3n) is 3.08. The SMILES string of the molecule is CS(=O)(=O)N(CC(=O)Nc1cccc(Cl)c1)c1ccc(C#N)cc1. The molecule has 0 saturated heterocycles. The van der Waals surface area contributed by atoms with E-state index in [0.29, 0.717) is 22.0 Å². The number of nitrogens with one attached hydrogen (secondary N) is 1. The lowest BCUT2D eigenvalue weighted by molar-refractivity contribution is -0.114. The highest BCUT2D eigenvalue weighted by atomic mass is 35.5. The first-order chi connectivity index (χ1) is 11.3. The van der Waals surface area contributed by atoms with E-state index in [1.165, 1.54) is 24.3 Å². The molecule has 8 heteroatoms. The number of anilines is 2. The summed E-state index contributed by atoms with van der Waals surface area (Å²) in [5, 5.41) is 11.9. The van der Waals surface area contributed by atoms with Crippen LogP contribution in [0.3, 0.4) is 0 Å². The molecule has 124 valence electrons. The van der Waals surface area contributed by atoms with E-state index in [0.717, 1.165) is 10.6 Å². The Hall–Kier alpha value is -2.56. The standard InChI is InChI=1S/C16H14ClN3O3S/c1-24(22,23)20(15-7-5-12(10-18)6-8-15)11-16(21)19-14-4-2-3-13(17)9-14/h2-9H,11H2,1H3,(H,19,21). The minimum Gasteiger partial charge on any atom is -0.324 e. The summed E-state index contributed by atoms with van der Waals surface area (Å²) in [6.07, 6.45) is 1.01. The van der Waals surface area contributed by atoms with Gasteiger partial charge in [0.25, 0.3) is 0 Å². The first kappa shape index (κ1) is 17.8. The highest BCUT2D eigenvalue weighted by Gasteiger charge is 2.21. The second-order valence-corrected chi connectivity index (χ2v) is 7.33. The predicted octanol–water partition coefficient (Wildman–Crippen LogP) is 2.62. The zero-order valence-electron chi connectivity index (χ0n) is 12.7. The quantitative estimate of drug-likeness (QED) is 0.884. The van der Waals surface area contributed by atoms with Crippen LogP contribution < -0.4 is 9.62 Å². The van der Waals surface area contributed by atoms with Crippen molar-refractivity contribution in [1.29, 1.82) is 5.26 Å². The molecule has 2 rings (SSSR count). The van der Waals surface area contributed by atoms with Gasteiger partial charge in [-0.3, -0.25) is 9.10 Å². The number of carbonyl (C=O) groups excluding carboxylic acids is 1. The number of rotatable bonds is 5. The summed E-state index contributed by atoms with van der Waals surface area (Å²) < 4.78 is 24.9. The summed E-state index contributed by atoms with van der Waals surface area (Å²) in [4.78, 5) is 12.2. The van der Waals surface area contributed by atoms with Crippen molar-refractivity contribution in [2.75, 3.05) is 22.4 Å². The van der Waals surface area contributed by atoms with Gasteiger partial charge in [-0.2, -0.15) is 5.26 Å². The third kappa shape index (κ3) is 4.72. The lowest BCUT2D eigenvalue weighted by atomic mass is 10.2. The van der Waals surface area contributed by atoms with Crippen LogP contribution in [-0.2, 0) is 14.8 Å². The van der Waals surface area contributed by atoms with Crippen LogP contribution in [0.25, 0.3) is 0 Å². The first-order valence-electron chi connectivity index (χ1n) is 6.83. The van der Waals surface area contributed by atoms with Gasteiger partial charge in [-0.25, -0.2) is 8.42 Å². The van der Waals surface area contributed by atoms with Crippen molar-refractivity contribution < 1.29 is 13.2 Å². The van der Waals surface area contributed by atoms with Crippen LogP contribution in [-0.4, -0.2) is 27.1 Å². The van der Waals surface area contributed by atoms with E-state index in [4.69, 9.17) is 16.9 Å². The highest BCUT2D eigenvalue weighted by molar-refractivity contribution is 7.92. The van der Waals surface area contributed by atoms with Gasteiger partial charge in [-0.05, 0) is 42.5 Å². The highest BCUT2D eigenvalue weighted by Crippen LogP contribution is 2.19. The van der Waals surface area contributed by atoms with Crippen molar-refractivity contribution in [3.63, 3.8) is 0 Å². The molecule has 0 radical (unpaired) electrons. The first-order valence-corrected chi connectivity index (χ1v) is 9.05. The number of nitrogens with zero attached hydrogens (tertiary/aromatic N) is 2. The molecule has 1 N–H and O–H groups in total. The van der Waals surface area contributed by atoms with E-state index < -0.39 is 22.5 Å². The van der Waals surface area contributed by atoms with Crippen molar-refractivity contribution in [3.8, 4) is 6.07 Å². The van der Waals surface area contributed by atoms with E-state index >= 15 is 0 Å². The average Bonchev–Trinajstić information content (AvgIpc) is 2.52. The van der Waals surface area contributed by atoms with Crippen LogP contribution in [0.2, 0.25) is 5.02 Å². The van der Waals surface area contributed by atoms with Crippen molar-refractivity contribution in [2.45, 2.75) is 0 Å². The Morgan fingerprint density at radius 2 is 1.92 bits per heavy atom. The van der Waals surface area contributed by atoms with Gasteiger partial charge in [-0.1, -0.05) is 17.7 Å². The lowest BCUT2D eigenvalue weighted by Crippen LogP contribution is -2.37. The van der Waals surface area contributed by atoms with Crippen molar-refractivity contribution in [1.82, 2.24) is 0 Å². The van der Waals surface area contributed by atoms with Gasteiger partial charge in [0.05, 0.1) is 23.6 Å². The molecule has 0 heterocycles. The van der Waals surface area contributed by atoms with Crippen molar-refractivity contribution in [3.05, 3.63) is 59.1 Å². The zero-order valence-corrected chi connectivity index (χ0v) is 14.3. The molecule has 6 nitrogen and oxygen atoms in total. The minimum atomic E-state index is -3.67. The van der Waals surface area contributed by atoms with Gasteiger partial charge in [0.2, 0.25) is 15.9 Å². The second kappa shape index (κ2) is 7.34. The number of halogens is 1. The lowest BCUT2D eigenvalue weighted by Gasteiger charge is -2.22. The normalized spacial score (nSPS) is 10.7. The summed E-state index contributed by atoms with van der Waals surface area (Å²) in [5.74, 6) is -0.507. The fourth-order valence-corrected chi connectivity index (χ4v) is 3.05. The molecule has 0 bridgehead atoms. The summed E-state index contributed by atoms with van der Waals surface area (Å²) in [6, 6.07) is 14.4. The number of sulfonamides is 1. The Balaban J connectivity index is 2.20. The zero-order chi connectivity index (χ0) is 17.7. The molecule has 2 aromatic rings. The van der Waals surface area contributed by atoms with E-state index in [1.807, 2.05) is 6.07 Å². The van der Waals surface area contributed by atoms with Gasteiger partial charge in [0.1, 0.15) is 6.54 Å². The summed E-state index contributed by atoms with van der Waals surface area (Å²) >= 11 is 5.85. The van der Waals surface area contributed by atoms with Gasteiger partial charge in [0, 0.05) is 10.7 Å². The van der Waals surface area contributed by atoms with E-state index in [2.05, 4.69) is 5.32 Å². The Kier molecular flexibility index (Phi) is 5.44. The molecule has 0 aromatic heterocycles. The Morgan fingerprint density at radius 3 is 2.46 bits per heavy atom. The van der Waals surface area contributed by atoms with Gasteiger partial charge in [-0.15, -0.1) is 0 Å². The molecule has 0 aliphatic carbocycles. The van der Waals surface area contributed by atoms with Crippen LogP contribution >= 0.6 is 11.6 Å². The number of nitriles is 1. The van der Waals surface area contributed by atoms with E-state index in [-0.39, 0.29) is 0 Å². The molecule has 0 spiro atoms. The van der Waals surface area contributed by atoms with Crippen LogP contribution in [0.4, 0.5) is 11.4 Å². The molecule has 0 aliphatic rings. The molecular formula is C16H14ClN3O3S. The smallest absolute Gasteiger partial charge is 0.245 e. The topological polar surface area (TPSA) is 90.3 Å². The van der Waals surface area contributed by atoms with Crippen molar-refractivity contribution >= 4 is 38.9 Å². The number of hydrogen-bond donors (Lipinski definition) is 1. The second-order valence-electron chi connectivity index (χ2n) is 4.99. The molecule has 0 aliphatic heterocycles. The van der Waals surface area contributed by atoms with Crippen LogP contribution in [0.5, 0.6) is 0 Å². The molecule has 0 saturated carbocycles. The number of carbonyl (C=O) groups is 1. The average molecular weight is 364 g/mol. The number of benzene rings is 2. The van der Waals surface area contributed by atoms with Crippen LogP contribution in [0, 0.1) is 11.3 Å². The summed E-state index contributed by atoms with van der Waals surface area (Å²) in [6.45, 7) is -0.392. The Morgan fingerprint density at radius 1 is 1.25 bits per heavy atom. The minimum absolute atomic E-state index is 0.303. The molecule has 2 aromatic carbocycles. The predicted molar refractivity (Wildman–Crippen MR) is 93.4 cm³/mol. The van der Waals surface area contributed by atoms with Gasteiger partial charge < -0.3 is 5.32 Å². The summed E-state index contributed by atoms with van der Waals surface area (Å²) in [7, 11) is -3.67. The molecule has 1 amide bonds.